The normalized spacial score (nSPS) is 10.3. The smallest absolute Gasteiger partial charge is 0.323 e. The van der Waals surface area contributed by atoms with Gasteiger partial charge in [0.2, 0.25) is 5.91 Å². The summed E-state index contributed by atoms with van der Waals surface area (Å²) in [5, 5.41) is 9.89. The molecule has 138 valence electrons. The fourth-order valence-electron chi connectivity index (χ4n) is 2.39. The molecule has 0 aliphatic rings. The summed E-state index contributed by atoms with van der Waals surface area (Å²) >= 11 is 1.07. The van der Waals surface area contributed by atoms with E-state index in [0.717, 1.165) is 17.0 Å². The molecule has 7 nitrogen and oxygen atoms in total. The van der Waals surface area contributed by atoms with Gasteiger partial charge in [0.25, 0.3) is 0 Å². The number of rotatable bonds is 5. The molecule has 0 aliphatic heterocycles. The second-order valence-electron chi connectivity index (χ2n) is 5.80. The Labute approximate surface area is 159 Å². The summed E-state index contributed by atoms with van der Waals surface area (Å²) in [4.78, 5) is 35.6. The largest absolute Gasteiger partial charge is 0.325 e. The maximum Gasteiger partial charge on any atom is 0.323 e. The minimum absolute atomic E-state index is 0.0341. The lowest BCUT2D eigenvalue weighted by atomic mass is 10.2. The van der Waals surface area contributed by atoms with Gasteiger partial charge < -0.3 is 16.0 Å². The van der Waals surface area contributed by atoms with Crippen molar-refractivity contribution in [2.45, 2.75) is 13.5 Å². The van der Waals surface area contributed by atoms with Crippen LogP contribution in [0.5, 0.6) is 0 Å². The van der Waals surface area contributed by atoms with Gasteiger partial charge in [0.1, 0.15) is 6.54 Å². The van der Waals surface area contributed by atoms with E-state index < -0.39 is 0 Å². The average molecular weight is 382 g/mol. The van der Waals surface area contributed by atoms with Gasteiger partial charge >= 0.3 is 10.9 Å². The van der Waals surface area contributed by atoms with E-state index in [0.29, 0.717) is 17.1 Å². The lowest BCUT2D eigenvalue weighted by molar-refractivity contribution is -0.116. The molecule has 1 heterocycles. The van der Waals surface area contributed by atoms with E-state index in [4.69, 9.17) is 0 Å². The first-order valence-corrected chi connectivity index (χ1v) is 9.07. The van der Waals surface area contributed by atoms with Crippen molar-refractivity contribution in [2.24, 2.45) is 0 Å². The number of hydrogen-bond acceptors (Lipinski definition) is 4. The number of nitrogens with one attached hydrogen (secondary N) is 3. The Morgan fingerprint density at radius 2 is 1.44 bits per heavy atom. The molecule has 0 saturated heterocycles. The van der Waals surface area contributed by atoms with Crippen LogP contribution in [0.1, 0.15) is 5.69 Å². The van der Waals surface area contributed by atoms with Crippen LogP contribution in [0.15, 0.2) is 64.8 Å². The van der Waals surface area contributed by atoms with Crippen LogP contribution in [0.3, 0.4) is 0 Å². The second kappa shape index (κ2) is 8.33. The van der Waals surface area contributed by atoms with E-state index in [-0.39, 0.29) is 23.4 Å². The first-order valence-electron chi connectivity index (χ1n) is 8.19. The number of amides is 3. The molecule has 0 spiro atoms. The fraction of sp³-hybridized carbons (Fsp3) is 0.105. The van der Waals surface area contributed by atoms with Crippen LogP contribution in [0.25, 0.3) is 0 Å². The molecule has 0 bridgehead atoms. The van der Waals surface area contributed by atoms with Crippen molar-refractivity contribution in [1.82, 2.24) is 4.57 Å². The number of anilines is 3. The highest BCUT2D eigenvalue weighted by Crippen LogP contribution is 2.14. The quantitative estimate of drug-likeness (QED) is 0.631. The summed E-state index contributed by atoms with van der Waals surface area (Å²) in [5.74, 6) is -0.291. The van der Waals surface area contributed by atoms with E-state index in [1.54, 1.807) is 48.7 Å². The van der Waals surface area contributed by atoms with Gasteiger partial charge in [-0.05, 0) is 43.3 Å². The number of urea groups is 1. The zero-order valence-electron chi connectivity index (χ0n) is 14.6. The Balaban J connectivity index is 1.54. The number of para-hydroxylation sites is 1. The van der Waals surface area contributed by atoms with Gasteiger partial charge in [-0.1, -0.05) is 29.5 Å². The highest BCUT2D eigenvalue weighted by atomic mass is 32.1. The number of aromatic nitrogens is 1. The van der Waals surface area contributed by atoms with E-state index in [1.165, 1.54) is 4.57 Å². The summed E-state index contributed by atoms with van der Waals surface area (Å²) in [7, 11) is 0. The molecule has 3 aromatic rings. The predicted molar refractivity (Wildman–Crippen MR) is 107 cm³/mol. The van der Waals surface area contributed by atoms with Gasteiger partial charge in [0.05, 0.1) is 0 Å². The maximum absolute atomic E-state index is 12.1. The lowest BCUT2D eigenvalue weighted by Crippen LogP contribution is -2.25. The Morgan fingerprint density at radius 1 is 0.889 bits per heavy atom. The van der Waals surface area contributed by atoms with Crippen LogP contribution in [0.4, 0.5) is 21.9 Å². The Morgan fingerprint density at radius 3 is 2.00 bits per heavy atom. The van der Waals surface area contributed by atoms with Gasteiger partial charge in [0, 0.05) is 28.1 Å². The third kappa shape index (κ3) is 5.05. The molecule has 0 fully saturated rings. The number of aryl methyl sites for hydroxylation is 1. The van der Waals surface area contributed by atoms with Crippen LogP contribution in [-0.2, 0) is 11.3 Å². The monoisotopic (exact) mass is 382 g/mol. The number of carbonyl (C=O) groups is 2. The zero-order valence-corrected chi connectivity index (χ0v) is 15.4. The highest BCUT2D eigenvalue weighted by Gasteiger charge is 2.09. The molecular weight excluding hydrogens is 364 g/mol. The lowest BCUT2D eigenvalue weighted by Gasteiger charge is -2.09. The number of thiazole rings is 1. The van der Waals surface area contributed by atoms with Crippen LogP contribution in [0, 0.1) is 6.92 Å². The second-order valence-corrected chi connectivity index (χ2v) is 6.62. The maximum atomic E-state index is 12.1. The summed E-state index contributed by atoms with van der Waals surface area (Å²) < 4.78 is 1.42. The molecule has 0 saturated carbocycles. The first kappa shape index (κ1) is 18.4. The number of carbonyl (C=O) groups excluding carboxylic acids is 2. The Kier molecular flexibility index (Phi) is 5.68. The molecule has 2 aromatic carbocycles. The molecule has 1 aromatic heterocycles. The molecule has 3 rings (SSSR count). The first-order chi connectivity index (χ1) is 13.0. The molecule has 8 heteroatoms. The molecule has 0 atom stereocenters. The van der Waals surface area contributed by atoms with Crippen molar-refractivity contribution >= 4 is 40.3 Å². The number of hydrogen-bond donors (Lipinski definition) is 3. The van der Waals surface area contributed by atoms with Crippen molar-refractivity contribution in [3.8, 4) is 0 Å². The SMILES string of the molecule is Cc1csc(=O)n1CC(=O)Nc1ccc(NC(=O)Nc2ccccc2)cc1. The number of benzene rings is 2. The fourth-order valence-corrected chi connectivity index (χ4v) is 3.13. The highest BCUT2D eigenvalue weighted by molar-refractivity contribution is 7.07. The van der Waals surface area contributed by atoms with Crippen molar-refractivity contribution in [3.63, 3.8) is 0 Å². The molecule has 0 unspecified atom stereocenters. The molecule has 27 heavy (non-hydrogen) atoms. The Hall–Kier alpha value is -3.39. The van der Waals surface area contributed by atoms with E-state index in [1.807, 2.05) is 18.2 Å². The van der Waals surface area contributed by atoms with Gasteiger partial charge in [0.15, 0.2) is 0 Å². The molecule has 0 radical (unpaired) electrons. The summed E-state index contributed by atoms with van der Waals surface area (Å²) in [5.41, 5.74) is 2.61. The van der Waals surface area contributed by atoms with E-state index in [2.05, 4.69) is 16.0 Å². The molecule has 0 aliphatic carbocycles. The van der Waals surface area contributed by atoms with Crippen LogP contribution >= 0.6 is 11.3 Å². The molecule has 3 N–H and O–H groups in total. The van der Waals surface area contributed by atoms with E-state index in [9.17, 15) is 14.4 Å². The minimum Gasteiger partial charge on any atom is -0.325 e. The third-order valence-corrected chi connectivity index (χ3v) is 4.62. The van der Waals surface area contributed by atoms with Crippen molar-refractivity contribution < 1.29 is 9.59 Å². The van der Waals surface area contributed by atoms with Crippen LogP contribution in [0.2, 0.25) is 0 Å². The Bertz CT molecular complexity index is 994. The molecular formula is C19H18N4O3S. The summed E-state index contributed by atoms with van der Waals surface area (Å²) in [6.07, 6.45) is 0. The van der Waals surface area contributed by atoms with Gasteiger partial charge in [-0.2, -0.15) is 0 Å². The van der Waals surface area contributed by atoms with E-state index >= 15 is 0 Å². The average Bonchev–Trinajstić information content (AvgIpc) is 2.96. The molecule has 3 amide bonds. The van der Waals surface area contributed by atoms with Crippen molar-refractivity contribution in [2.75, 3.05) is 16.0 Å². The summed E-state index contributed by atoms with van der Waals surface area (Å²) in [6.45, 7) is 1.75. The minimum atomic E-state index is -0.356. The topological polar surface area (TPSA) is 92.2 Å². The standard InChI is InChI=1S/C19H18N4O3S/c1-13-12-27-19(26)23(13)11-17(24)20-15-7-9-16(10-8-15)22-18(25)21-14-5-3-2-4-6-14/h2-10,12H,11H2,1H3,(H,20,24)(H2,21,22,25). The van der Waals surface area contributed by atoms with Crippen LogP contribution < -0.4 is 20.8 Å². The third-order valence-electron chi connectivity index (χ3n) is 3.74. The number of nitrogens with zero attached hydrogens (tertiary/aromatic N) is 1. The summed E-state index contributed by atoms with van der Waals surface area (Å²) in [6, 6.07) is 15.5. The van der Waals surface area contributed by atoms with Crippen LogP contribution in [-0.4, -0.2) is 16.5 Å². The van der Waals surface area contributed by atoms with Gasteiger partial charge in [-0.3, -0.25) is 14.2 Å². The van der Waals surface area contributed by atoms with Crippen molar-refractivity contribution in [3.05, 3.63) is 75.3 Å². The predicted octanol–water partition coefficient (Wildman–Crippen LogP) is 3.50. The van der Waals surface area contributed by atoms with Gasteiger partial charge in [-0.15, -0.1) is 0 Å². The zero-order chi connectivity index (χ0) is 19.2. The van der Waals surface area contributed by atoms with Gasteiger partial charge in [-0.25, -0.2) is 4.79 Å². The van der Waals surface area contributed by atoms with Crippen molar-refractivity contribution in [1.29, 1.82) is 0 Å².